The molecule has 0 radical (unpaired) electrons. The highest BCUT2D eigenvalue weighted by molar-refractivity contribution is 7.26. The number of rotatable bonds is 5. The predicted molar refractivity (Wildman–Crippen MR) is 240 cm³/mol. The van der Waals surface area contributed by atoms with Crippen molar-refractivity contribution in [1.82, 2.24) is 0 Å². The molecule has 0 spiro atoms. The van der Waals surface area contributed by atoms with E-state index in [1.54, 1.807) is 0 Å². The fourth-order valence-corrected chi connectivity index (χ4v) is 10.9. The number of fused-ring (bicyclic) bond motifs is 9. The van der Waals surface area contributed by atoms with E-state index < -0.39 is 0 Å². The molecule has 0 saturated carbocycles. The van der Waals surface area contributed by atoms with Crippen LogP contribution in [0.25, 0.3) is 64.7 Å². The van der Waals surface area contributed by atoms with Crippen molar-refractivity contribution in [3.8, 4) is 44.5 Å². The molecule has 1 aromatic heterocycles. The molecule has 0 amide bonds. The average molecular weight is 736 g/mol. The second-order valence-electron chi connectivity index (χ2n) is 16.5. The van der Waals surface area contributed by atoms with Crippen molar-refractivity contribution in [3.63, 3.8) is 0 Å². The first-order valence-corrected chi connectivity index (χ1v) is 20.5. The standard InChI is InChI=1S/C54H41NS/c1-53(2)45-19-11-8-16-40(45)42-28-24-36(32-47(42)53)39-30-31-50-51(44-18-10-13-21-49(44)56-50)52(39)55(37-25-22-35(23-26-37)34-14-6-5-7-15-34)38-27-29-43-41-17-9-12-20-46(41)54(3,4)48(43)33-38/h5-33H,1-4H3. The van der Waals surface area contributed by atoms with Crippen LogP contribution < -0.4 is 4.90 Å². The molecule has 0 bridgehead atoms. The lowest BCUT2D eigenvalue weighted by Crippen LogP contribution is -2.17. The first-order chi connectivity index (χ1) is 27.3. The summed E-state index contributed by atoms with van der Waals surface area (Å²) < 4.78 is 2.59. The number of anilines is 3. The van der Waals surface area contributed by atoms with Gasteiger partial charge in [-0.2, -0.15) is 0 Å². The highest BCUT2D eigenvalue weighted by Gasteiger charge is 2.37. The molecule has 56 heavy (non-hydrogen) atoms. The summed E-state index contributed by atoms with van der Waals surface area (Å²) in [6.07, 6.45) is 0. The van der Waals surface area contributed by atoms with Crippen LogP contribution in [0.1, 0.15) is 49.9 Å². The Morgan fingerprint density at radius 2 is 0.893 bits per heavy atom. The van der Waals surface area contributed by atoms with Crippen molar-refractivity contribution in [2.45, 2.75) is 38.5 Å². The van der Waals surface area contributed by atoms with Crippen LogP contribution >= 0.6 is 11.3 Å². The molecule has 268 valence electrons. The summed E-state index contributed by atoms with van der Waals surface area (Å²) in [5, 5.41) is 2.58. The second-order valence-corrected chi connectivity index (χ2v) is 17.6. The number of benzene rings is 8. The zero-order valence-corrected chi connectivity index (χ0v) is 32.9. The minimum atomic E-state index is -0.130. The topological polar surface area (TPSA) is 3.24 Å². The molecular weight excluding hydrogens is 695 g/mol. The molecule has 0 atom stereocenters. The zero-order chi connectivity index (χ0) is 37.8. The molecular formula is C54H41NS. The van der Waals surface area contributed by atoms with Crippen molar-refractivity contribution < 1.29 is 0 Å². The average Bonchev–Trinajstić information content (AvgIpc) is 3.81. The van der Waals surface area contributed by atoms with Gasteiger partial charge in [0.15, 0.2) is 0 Å². The Hall–Kier alpha value is -6.22. The van der Waals surface area contributed by atoms with E-state index in [2.05, 4.69) is 209 Å². The second kappa shape index (κ2) is 12.1. The molecule has 0 N–H and O–H groups in total. The third-order valence-electron chi connectivity index (χ3n) is 12.7. The van der Waals surface area contributed by atoms with E-state index >= 15 is 0 Å². The van der Waals surface area contributed by atoms with Crippen LogP contribution in [0.4, 0.5) is 17.1 Å². The molecule has 8 aromatic carbocycles. The van der Waals surface area contributed by atoms with Gasteiger partial charge in [-0.15, -0.1) is 11.3 Å². The third kappa shape index (κ3) is 4.79. The van der Waals surface area contributed by atoms with Crippen LogP contribution in [0.2, 0.25) is 0 Å². The first kappa shape index (κ1) is 33.1. The fraction of sp³-hybridized carbons (Fsp3) is 0.111. The van der Waals surface area contributed by atoms with Gasteiger partial charge in [0.1, 0.15) is 0 Å². The van der Waals surface area contributed by atoms with Gasteiger partial charge in [-0.1, -0.05) is 161 Å². The highest BCUT2D eigenvalue weighted by atomic mass is 32.1. The molecule has 2 aliphatic carbocycles. The number of hydrogen-bond acceptors (Lipinski definition) is 2. The molecule has 2 heteroatoms. The van der Waals surface area contributed by atoms with E-state index in [4.69, 9.17) is 0 Å². The van der Waals surface area contributed by atoms with Gasteiger partial charge in [0, 0.05) is 47.9 Å². The Morgan fingerprint density at radius 1 is 0.375 bits per heavy atom. The lowest BCUT2D eigenvalue weighted by molar-refractivity contribution is 0.660. The SMILES string of the molecule is CC1(C)c2ccccc2-c2ccc(-c3ccc4sc5ccccc5c4c3N(c3ccc(-c4ccccc4)cc3)c3ccc4c(c3)C(C)(C)c3ccccc3-4)cc21. The summed E-state index contributed by atoms with van der Waals surface area (Å²) in [6, 6.07) is 65.8. The largest absolute Gasteiger partial charge is 0.309 e. The molecule has 1 nitrogen and oxygen atoms in total. The molecule has 0 aliphatic heterocycles. The number of nitrogens with zero attached hydrogens (tertiary/aromatic N) is 1. The Morgan fingerprint density at radius 3 is 1.61 bits per heavy atom. The summed E-state index contributed by atoms with van der Waals surface area (Å²) in [5.41, 5.74) is 19.1. The molecule has 11 rings (SSSR count). The normalized spacial score (nSPS) is 14.4. The Labute approximate surface area is 333 Å². The van der Waals surface area contributed by atoms with Crippen LogP contribution in [0, 0.1) is 0 Å². The maximum absolute atomic E-state index is 2.55. The van der Waals surface area contributed by atoms with Gasteiger partial charge in [-0.25, -0.2) is 0 Å². The Balaban J connectivity index is 1.20. The minimum absolute atomic E-state index is 0.102. The van der Waals surface area contributed by atoms with Gasteiger partial charge >= 0.3 is 0 Å². The maximum Gasteiger partial charge on any atom is 0.0633 e. The van der Waals surface area contributed by atoms with Gasteiger partial charge < -0.3 is 4.90 Å². The molecule has 2 aliphatic rings. The quantitative estimate of drug-likeness (QED) is 0.170. The van der Waals surface area contributed by atoms with E-state index in [9.17, 15) is 0 Å². The molecule has 0 fully saturated rings. The van der Waals surface area contributed by atoms with Crippen LogP contribution in [0.15, 0.2) is 176 Å². The summed E-state index contributed by atoms with van der Waals surface area (Å²) in [6.45, 7) is 9.51. The van der Waals surface area contributed by atoms with Gasteiger partial charge in [-0.05, 0) is 104 Å². The smallest absolute Gasteiger partial charge is 0.0633 e. The molecule has 1 heterocycles. The van der Waals surface area contributed by atoms with Gasteiger partial charge in [-0.3, -0.25) is 0 Å². The fourth-order valence-electron chi connectivity index (χ4n) is 9.81. The Bertz CT molecular complexity index is 3020. The van der Waals surface area contributed by atoms with Crippen molar-refractivity contribution in [3.05, 3.63) is 198 Å². The Kier molecular flexibility index (Phi) is 7.18. The third-order valence-corrected chi connectivity index (χ3v) is 13.8. The zero-order valence-electron chi connectivity index (χ0n) is 32.1. The summed E-state index contributed by atoms with van der Waals surface area (Å²) in [4.78, 5) is 2.55. The van der Waals surface area contributed by atoms with Gasteiger partial charge in [0.25, 0.3) is 0 Å². The van der Waals surface area contributed by atoms with E-state index in [0.717, 1.165) is 11.4 Å². The lowest BCUT2D eigenvalue weighted by Gasteiger charge is -2.31. The van der Waals surface area contributed by atoms with E-state index in [-0.39, 0.29) is 10.8 Å². The van der Waals surface area contributed by atoms with E-state index in [1.165, 1.54) is 92.6 Å². The maximum atomic E-state index is 2.55. The van der Waals surface area contributed by atoms with Crippen molar-refractivity contribution >= 4 is 48.6 Å². The number of hydrogen-bond donors (Lipinski definition) is 0. The molecule has 0 saturated heterocycles. The lowest BCUT2D eigenvalue weighted by atomic mass is 9.81. The van der Waals surface area contributed by atoms with Crippen LogP contribution in [-0.4, -0.2) is 0 Å². The van der Waals surface area contributed by atoms with E-state index in [1.807, 2.05) is 11.3 Å². The molecule has 9 aromatic rings. The van der Waals surface area contributed by atoms with Gasteiger partial charge in [0.05, 0.1) is 5.69 Å². The van der Waals surface area contributed by atoms with Crippen LogP contribution in [0.3, 0.4) is 0 Å². The monoisotopic (exact) mass is 735 g/mol. The van der Waals surface area contributed by atoms with Crippen molar-refractivity contribution in [1.29, 1.82) is 0 Å². The number of thiophene rings is 1. The van der Waals surface area contributed by atoms with Crippen molar-refractivity contribution in [2.75, 3.05) is 4.90 Å². The summed E-state index contributed by atoms with van der Waals surface area (Å²) in [5.74, 6) is 0. The van der Waals surface area contributed by atoms with Crippen LogP contribution in [0.5, 0.6) is 0 Å². The van der Waals surface area contributed by atoms with E-state index in [0.29, 0.717) is 0 Å². The molecule has 0 unspecified atom stereocenters. The minimum Gasteiger partial charge on any atom is -0.309 e. The summed E-state index contributed by atoms with van der Waals surface area (Å²) in [7, 11) is 0. The van der Waals surface area contributed by atoms with Crippen LogP contribution in [-0.2, 0) is 10.8 Å². The first-order valence-electron chi connectivity index (χ1n) is 19.7. The van der Waals surface area contributed by atoms with Crippen molar-refractivity contribution in [2.24, 2.45) is 0 Å². The summed E-state index contributed by atoms with van der Waals surface area (Å²) >= 11 is 1.88. The predicted octanol–water partition coefficient (Wildman–Crippen LogP) is 15.5. The van der Waals surface area contributed by atoms with Gasteiger partial charge in [0.2, 0.25) is 0 Å². The highest BCUT2D eigenvalue weighted by Crippen LogP contribution is 2.55.